The highest BCUT2D eigenvalue weighted by Gasteiger charge is 2.15. The second-order valence-corrected chi connectivity index (χ2v) is 7.79. The monoisotopic (exact) mass is 396 g/mol. The molecule has 0 saturated carbocycles. The molecule has 0 bridgehead atoms. The fourth-order valence-corrected chi connectivity index (χ4v) is 3.47. The molecule has 26 heavy (non-hydrogen) atoms. The number of hydrogen-bond acceptors (Lipinski definition) is 4. The average Bonchev–Trinajstić information content (AvgIpc) is 2.62. The van der Waals surface area contributed by atoms with E-state index in [0.717, 1.165) is 5.75 Å². The Morgan fingerprint density at radius 1 is 1.15 bits per heavy atom. The molecule has 0 fully saturated rings. The Labute approximate surface area is 158 Å². The Bertz CT molecular complexity index is 828. The number of carbonyl (C=O) groups excluding carboxylic acids is 1. The molecule has 8 heteroatoms. The van der Waals surface area contributed by atoms with Gasteiger partial charge in [-0.05, 0) is 30.3 Å². The van der Waals surface area contributed by atoms with E-state index in [9.17, 15) is 13.2 Å². The molecule has 0 saturated heterocycles. The van der Waals surface area contributed by atoms with E-state index in [1.165, 1.54) is 17.0 Å². The van der Waals surface area contributed by atoms with Crippen LogP contribution in [0.5, 0.6) is 5.75 Å². The van der Waals surface area contributed by atoms with Gasteiger partial charge in [0.1, 0.15) is 12.4 Å². The predicted octanol–water partition coefficient (Wildman–Crippen LogP) is 2.55. The van der Waals surface area contributed by atoms with Crippen LogP contribution in [-0.4, -0.2) is 46.0 Å². The number of para-hydroxylation sites is 1. The number of nitrogens with one attached hydrogen (secondary N) is 1. The molecule has 0 aliphatic heterocycles. The number of hydrogen-bond donors (Lipinski definition) is 1. The summed E-state index contributed by atoms with van der Waals surface area (Å²) in [6.07, 6.45) is 0.0572. The molecular formula is C18H21ClN2O4S. The summed E-state index contributed by atoms with van der Waals surface area (Å²) in [5, 5.41) is 0.335. The van der Waals surface area contributed by atoms with Crippen molar-refractivity contribution in [3.8, 4) is 5.75 Å². The smallest absolute Gasteiger partial charge is 0.240 e. The van der Waals surface area contributed by atoms with Crippen LogP contribution in [0.1, 0.15) is 6.42 Å². The Morgan fingerprint density at radius 3 is 2.58 bits per heavy atom. The van der Waals surface area contributed by atoms with Gasteiger partial charge in [0.25, 0.3) is 0 Å². The summed E-state index contributed by atoms with van der Waals surface area (Å²) in [7, 11) is -2.03. The van der Waals surface area contributed by atoms with Gasteiger partial charge in [0, 0.05) is 25.0 Å². The summed E-state index contributed by atoms with van der Waals surface area (Å²) in [4.78, 5) is 13.7. The Balaban J connectivity index is 1.73. The average molecular weight is 397 g/mol. The van der Waals surface area contributed by atoms with E-state index in [0.29, 0.717) is 18.2 Å². The maximum atomic E-state index is 12.2. The lowest BCUT2D eigenvalue weighted by Gasteiger charge is -2.17. The van der Waals surface area contributed by atoms with Gasteiger partial charge < -0.3 is 9.64 Å². The van der Waals surface area contributed by atoms with Crippen molar-refractivity contribution < 1.29 is 17.9 Å². The third-order valence-corrected chi connectivity index (χ3v) is 5.30. The van der Waals surface area contributed by atoms with Crippen molar-refractivity contribution in [3.63, 3.8) is 0 Å². The molecule has 0 unspecified atom stereocenters. The number of halogens is 1. The first-order chi connectivity index (χ1) is 12.4. The first kappa shape index (κ1) is 20.2. The zero-order chi connectivity index (χ0) is 19.0. The largest absolute Gasteiger partial charge is 0.492 e. The minimum absolute atomic E-state index is 0.0115. The summed E-state index contributed by atoms with van der Waals surface area (Å²) in [5.41, 5.74) is 0. The number of ether oxygens (including phenoxy) is 1. The Morgan fingerprint density at radius 2 is 1.88 bits per heavy atom. The van der Waals surface area contributed by atoms with Crippen LogP contribution in [0.15, 0.2) is 59.5 Å². The molecule has 2 aromatic carbocycles. The van der Waals surface area contributed by atoms with E-state index in [-0.39, 0.29) is 23.8 Å². The quantitative estimate of drug-likeness (QED) is 0.706. The first-order valence-electron chi connectivity index (χ1n) is 8.05. The van der Waals surface area contributed by atoms with Gasteiger partial charge in [-0.25, -0.2) is 13.1 Å². The lowest BCUT2D eigenvalue weighted by Crippen LogP contribution is -2.34. The minimum Gasteiger partial charge on any atom is -0.492 e. The third-order valence-electron chi connectivity index (χ3n) is 3.60. The second kappa shape index (κ2) is 9.56. The third kappa shape index (κ3) is 6.33. The number of nitrogens with zero attached hydrogens (tertiary/aromatic N) is 1. The molecule has 0 aliphatic rings. The van der Waals surface area contributed by atoms with E-state index >= 15 is 0 Å². The number of likely N-dealkylation sites (N-methyl/N-ethyl adjacent to an activating group) is 1. The summed E-state index contributed by atoms with van der Waals surface area (Å²) >= 11 is 5.80. The van der Waals surface area contributed by atoms with Crippen LogP contribution < -0.4 is 9.46 Å². The molecule has 140 valence electrons. The first-order valence-corrected chi connectivity index (χ1v) is 9.91. The SMILES string of the molecule is CN(CCOc1ccccc1)C(=O)CCNS(=O)(=O)c1cccc(Cl)c1. The summed E-state index contributed by atoms with van der Waals surface area (Å²) < 4.78 is 32.2. The molecule has 0 radical (unpaired) electrons. The van der Waals surface area contributed by atoms with Crippen molar-refractivity contribution in [2.24, 2.45) is 0 Å². The van der Waals surface area contributed by atoms with Crippen molar-refractivity contribution in [2.45, 2.75) is 11.3 Å². The van der Waals surface area contributed by atoms with Crippen LogP contribution in [0.3, 0.4) is 0 Å². The van der Waals surface area contributed by atoms with E-state index < -0.39 is 10.0 Å². The van der Waals surface area contributed by atoms with E-state index in [4.69, 9.17) is 16.3 Å². The topological polar surface area (TPSA) is 75.7 Å². The Hall–Kier alpha value is -2.09. The molecular weight excluding hydrogens is 376 g/mol. The van der Waals surface area contributed by atoms with Gasteiger partial charge in [-0.1, -0.05) is 35.9 Å². The van der Waals surface area contributed by atoms with E-state index in [1.54, 1.807) is 19.2 Å². The van der Waals surface area contributed by atoms with Crippen LogP contribution in [-0.2, 0) is 14.8 Å². The fraction of sp³-hybridized carbons (Fsp3) is 0.278. The number of carbonyl (C=O) groups is 1. The highest BCUT2D eigenvalue weighted by atomic mass is 35.5. The molecule has 2 aromatic rings. The molecule has 1 amide bonds. The zero-order valence-electron chi connectivity index (χ0n) is 14.4. The fourth-order valence-electron chi connectivity index (χ4n) is 2.14. The summed E-state index contributed by atoms with van der Waals surface area (Å²) in [6.45, 7) is 0.785. The van der Waals surface area contributed by atoms with Gasteiger partial charge in [-0.15, -0.1) is 0 Å². The summed E-state index contributed by atoms with van der Waals surface area (Å²) in [5.74, 6) is 0.568. The van der Waals surface area contributed by atoms with Crippen molar-refractivity contribution in [2.75, 3.05) is 26.7 Å². The van der Waals surface area contributed by atoms with Gasteiger partial charge >= 0.3 is 0 Å². The number of sulfonamides is 1. The molecule has 1 N–H and O–H groups in total. The van der Waals surface area contributed by atoms with E-state index in [2.05, 4.69) is 4.72 Å². The van der Waals surface area contributed by atoms with Gasteiger partial charge in [0.2, 0.25) is 15.9 Å². The van der Waals surface area contributed by atoms with Crippen LogP contribution in [0.4, 0.5) is 0 Å². The van der Waals surface area contributed by atoms with Gasteiger partial charge in [-0.3, -0.25) is 4.79 Å². The normalized spacial score (nSPS) is 11.2. The van der Waals surface area contributed by atoms with Crippen molar-refractivity contribution in [1.82, 2.24) is 9.62 Å². The molecule has 2 rings (SSSR count). The lowest BCUT2D eigenvalue weighted by molar-refractivity contribution is -0.130. The minimum atomic E-state index is -3.69. The van der Waals surface area contributed by atoms with Gasteiger partial charge in [0.05, 0.1) is 11.4 Å². The molecule has 0 aromatic heterocycles. The second-order valence-electron chi connectivity index (χ2n) is 5.58. The van der Waals surface area contributed by atoms with Crippen molar-refractivity contribution >= 4 is 27.5 Å². The molecule has 0 heterocycles. The Kier molecular flexibility index (Phi) is 7.44. The van der Waals surface area contributed by atoms with Crippen LogP contribution in [0.25, 0.3) is 0 Å². The number of benzene rings is 2. The van der Waals surface area contributed by atoms with Crippen LogP contribution >= 0.6 is 11.6 Å². The predicted molar refractivity (Wildman–Crippen MR) is 101 cm³/mol. The highest BCUT2D eigenvalue weighted by Crippen LogP contribution is 2.15. The van der Waals surface area contributed by atoms with Crippen molar-refractivity contribution in [3.05, 3.63) is 59.6 Å². The van der Waals surface area contributed by atoms with Gasteiger partial charge in [-0.2, -0.15) is 0 Å². The number of amides is 1. The van der Waals surface area contributed by atoms with Crippen LogP contribution in [0.2, 0.25) is 5.02 Å². The zero-order valence-corrected chi connectivity index (χ0v) is 16.0. The molecule has 0 atom stereocenters. The molecule has 0 spiro atoms. The summed E-state index contributed by atoms with van der Waals surface area (Å²) in [6, 6.07) is 15.3. The number of rotatable bonds is 9. The van der Waals surface area contributed by atoms with Gasteiger partial charge in [0.15, 0.2) is 0 Å². The lowest BCUT2D eigenvalue weighted by atomic mass is 10.3. The van der Waals surface area contributed by atoms with E-state index in [1.807, 2.05) is 30.3 Å². The highest BCUT2D eigenvalue weighted by molar-refractivity contribution is 7.89. The molecule has 6 nitrogen and oxygen atoms in total. The standard InChI is InChI=1S/C18H21ClN2O4S/c1-21(12-13-25-16-7-3-2-4-8-16)18(22)10-11-20-26(23,24)17-9-5-6-15(19)14-17/h2-9,14,20H,10-13H2,1H3. The maximum Gasteiger partial charge on any atom is 0.240 e. The molecule has 0 aliphatic carbocycles. The van der Waals surface area contributed by atoms with Crippen molar-refractivity contribution in [1.29, 1.82) is 0 Å². The maximum absolute atomic E-state index is 12.2. The van der Waals surface area contributed by atoms with Crippen LogP contribution in [0, 0.1) is 0 Å².